The predicted octanol–water partition coefficient (Wildman–Crippen LogP) is 3.12. The van der Waals surface area contributed by atoms with Crippen LogP contribution in [-0.2, 0) is 11.3 Å². The second-order valence-electron chi connectivity index (χ2n) is 5.17. The molecule has 3 heteroatoms. The Labute approximate surface area is 116 Å². The highest BCUT2D eigenvalue weighted by Crippen LogP contribution is 2.15. The number of hydrogen-bond acceptors (Lipinski definition) is 3. The third kappa shape index (κ3) is 4.51. The van der Waals surface area contributed by atoms with E-state index in [1.807, 2.05) is 0 Å². The molecule has 1 heterocycles. The van der Waals surface area contributed by atoms with Crippen molar-refractivity contribution in [3.8, 4) is 0 Å². The highest BCUT2D eigenvalue weighted by Gasteiger charge is 2.14. The summed E-state index contributed by atoms with van der Waals surface area (Å²) in [5.74, 6) is 0. The molecule has 0 aliphatic carbocycles. The van der Waals surface area contributed by atoms with E-state index >= 15 is 0 Å². The molecule has 1 unspecified atom stereocenters. The zero-order valence-electron chi connectivity index (χ0n) is 12.2. The molecule has 1 N–H and O–H groups in total. The van der Waals surface area contributed by atoms with Gasteiger partial charge in [-0.05, 0) is 43.6 Å². The first-order chi connectivity index (χ1) is 9.31. The van der Waals surface area contributed by atoms with Crippen LogP contribution in [-0.4, -0.2) is 37.2 Å². The average Bonchev–Trinajstić information content (AvgIpc) is 2.97. The SMILES string of the molecule is CCN(CC)Cc1ccc(NCC2CCCO2)cc1. The van der Waals surface area contributed by atoms with E-state index in [-0.39, 0.29) is 0 Å². The zero-order chi connectivity index (χ0) is 13.5. The van der Waals surface area contributed by atoms with Gasteiger partial charge >= 0.3 is 0 Å². The fraction of sp³-hybridized carbons (Fsp3) is 0.625. The lowest BCUT2D eigenvalue weighted by Gasteiger charge is -2.18. The minimum Gasteiger partial charge on any atom is -0.382 e. The number of rotatable bonds is 7. The summed E-state index contributed by atoms with van der Waals surface area (Å²) in [7, 11) is 0. The predicted molar refractivity (Wildman–Crippen MR) is 80.5 cm³/mol. The lowest BCUT2D eigenvalue weighted by molar-refractivity contribution is 0.120. The summed E-state index contributed by atoms with van der Waals surface area (Å²) in [6.45, 7) is 9.52. The van der Waals surface area contributed by atoms with Crippen molar-refractivity contribution in [2.75, 3.05) is 31.6 Å². The lowest BCUT2D eigenvalue weighted by Crippen LogP contribution is -2.22. The number of anilines is 1. The van der Waals surface area contributed by atoms with Crippen molar-refractivity contribution < 1.29 is 4.74 Å². The van der Waals surface area contributed by atoms with Crippen molar-refractivity contribution >= 4 is 5.69 Å². The van der Waals surface area contributed by atoms with Gasteiger partial charge in [0.2, 0.25) is 0 Å². The van der Waals surface area contributed by atoms with Crippen molar-refractivity contribution in [3.05, 3.63) is 29.8 Å². The molecule has 1 saturated heterocycles. The summed E-state index contributed by atoms with van der Waals surface area (Å²) in [4.78, 5) is 2.43. The molecule has 1 aromatic rings. The largest absolute Gasteiger partial charge is 0.382 e. The van der Waals surface area contributed by atoms with Crippen LogP contribution in [0.4, 0.5) is 5.69 Å². The van der Waals surface area contributed by atoms with Gasteiger partial charge in [0.25, 0.3) is 0 Å². The van der Waals surface area contributed by atoms with Crippen LogP contribution in [0.5, 0.6) is 0 Å². The van der Waals surface area contributed by atoms with Crippen LogP contribution < -0.4 is 5.32 Å². The van der Waals surface area contributed by atoms with Crippen LogP contribution in [0.2, 0.25) is 0 Å². The van der Waals surface area contributed by atoms with Gasteiger partial charge in [-0.25, -0.2) is 0 Å². The Kier molecular flexibility index (Phi) is 5.67. The summed E-state index contributed by atoms with van der Waals surface area (Å²) in [6.07, 6.45) is 2.79. The molecule has 1 aliphatic rings. The third-order valence-electron chi connectivity index (χ3n) is 3.81. The molecule has 0 saturated carbocycles. The van der Waals surface area contributed by atoms with E-state index < -0.39 is 0 Å². The van der Waals surface area contributed by atoms with Crippen LogP contribution >= 0.6 is 0 Å². The fourth-order valence-corrected chi connectivity index (χ4v) is 2.47. The van der Waals surface area contributed by atoms with Crippen LogP contribution in [0, 0.1) is 0 Å². The van der Waals surface area contributed by atoms with Crippen LogP contribution in [0.15, 0.2) is 24.3 Å². The molecular formula is C16H26N2O. The van der Waals surface area contributed by atoms with Gasteiger partial charge in [0.05, 0.1) is 6.10 Å². The topological polar surface area (TPSA) is 24.5 Å². The van der Waals surface area contributed by atoms with E-state index in [1.54, 1.807) is 0 Å². The van der Waals surface area contributed by atoms with Gasteiger partial charge in [0.15, 0.2) is 0 Å². The maximum atomic E-state index is 5.61. The van der Waals surface area contributed by atoms with E-state index in [4.69, 9.17) is 4.74 Å². The molecule has 1 aliphatic heterocycles. The van der Waals surface area contributed by atoms with Crippen molar-refractivity contribution in [1.82, 2.24) is 4.90 Å². The third-order valence-corrected chi connectivity index (χ3v) is 3.81. The zero-order valence-corrected chi connectivity index (χ0v) is 12.2. The molecule has 2 rings (SSSR count). The summed E-state index contributed by atoms with van der Waals surface area (Å²) in [6, 6.07) is 8.79. The van der Waals surface area contributed by atoms with E-state index in [0.717, 1.165) is 32.8 Å². The normalized spacial score (nSPS) is 19.0. The van der Waals surface area contributed by atoms with Gasteiger partial charge in [-0.3, -0.25) is 4.90 Å². The van der Waals surface area contributed by atoms with Gasteiger partial charge in [-0.15, -0.1) is 0 Å². The molecule has 0 spiro atoms. The second kappa shape index (κ2) is 7.51. The summed E-state index contributed by atoms with van der Waals surface area (Å²) < 4.78 is 5.61. The minimum absolute atomic E-state index is 0.398. The molecule has 0 aromatic heterocycles. The molecule has 0 bridgehead atoms. The summed E-state index contributed by atoms with van der Waals surface area (Å²) in [5, 5.41) is 3.46. The molecule has 3 nitrogen and oxygen atoms in total. The molecule has 1 aromatic carbocycles. The van der Waals surface area contributed by atoms with E-state index in [1.165, 1.54) is 24.1 Å². The smallest absolute Gasteiger partial charge is 0.0748 e. The Morgan fingerprint density at radius 2 is 1.95 bits per heavy atom. The lowest BCUT2D eigenvalue weighted by atomic mass is 10.2. The molecule has 106 valence electrons. The maximum Gasteiger partial charge on any atom is 0.0748 e. The molecule has 0 radical (unpaired) electrons. The van der Waals surface area contributed by atoms with Crippen molar-refractivity contribution in [2.45, 2.75) is 39.3 Å². The highest BCUT2D eigenvalue weighted by molar-refractivity contribution is 5.44. The van der Waals surface area contributed by atoms with Crippen molar-refractivity contribution in [1.29, 1.82) is 0 Å². The maximum absolute atomic E-state index is 5.61. The molecule has 0 amide bonds. The number of nitrogens with zero attached hydrogens (tertiary/aromatic N) is 1. The minimum atomic E-state index is 0.398. The van der Waals surface area contributed by atoms with Gasteiger partial charge in [-0.1, -0.05) is 26.0 Å². The van der Waals surface area contributed by atoms with Crippen LogP contribution in [0.3, 0.4) is 0 Å². The number of nitrogens with one attached hydrogen (secondary N) is 1. The highest BCUT2D eigenvalue weighted by atomic mass is 16.5. The van der Waals surface area contributed by atoms with Crippen molar-refractivity contribution in [2.24, 2.45) is 0 Å². The summed E-state index contributed by atoms with van der Waals surface area (Å²) >= 11 is 0. The molecule has 19 heavy (non-hydrogen) atoms. The molecule has 1 atom stereocenters. The standard InChI is InChI=1S/C16H26N2O/c1-3-18(4-2)13-14-7-9-15(10-8-14)17-12-16-6-5-11-19-16/h7-10,16-17H,3-6,11-13H2,1-2H3. The van der Waals surface area contributed by atoms with Crippen LogP contribution in [0.1, 0.15) is 32.3 Å². The van der Waals surface area contributed by atoms with E-state index in [9.17, 15) is 0 Å². The van der Waals surface area contributed by atoms with Gasteiger partial charge < -0.3 is 10.1 Å². The first kappa shape index (κ1) is 14.4. The van der Waals surface area contributed by atoms with Gasteiger partial charge in [0.1, 0.15) is 0 Å². The summed E-state index contributed by atoms with van der Waals surface area (Å²) in [5.41, 5.74) is 2.57. The monoisotopic (exact) mass is 262 g/mol. The second-order valence-corrected chi connectivity index (χ2v) is 5.17. The molecular weight excluding hydrogens is 236 g/mol. The molecule has 1 fully saturated rings. The Morgan fingerprint density at radius 1 is 1.21 bits per heavy atom. The Hall–Kier alpha value is -1.06. The van der Waals surface area contributed by atoms with E-state index in [0.29, 0.717) is 6.10 Å². The Morgan fingerprint density at radius 3 is 2.53 bits per heavy atom. The number of benzene rings is 1. The number of ether oxygens (including phenoxy) is 1. The first-order valence-corrected chi connectivity index (χ1v) is 7.48. The Balaban J connectivity index is 1.80. The first-order valence-electron chi connectivity index (χ1n) is 7.48. The van der Waals surface area contributed by atoms with E-state index in [2.05, 4.69) is 48.3 Å². The average molecular weight is 262 g/mol. The van der Waals surface area contributed by atoms with Gasteiger partial charge in [-0.2, -0.15) is 0 Å². The fourth-order valence-electron chi connectivity index (χ4n) is 2.47. The quantitative estimate of drug-likeness (QED) is 0.817. The van der Waals surface area contributed by atoms with Crippen LogP contribution in [0.25, 0.3) is 0 Å². The van der Waals surface area contributed by atoms with Gasteiger partial charge in [0, 0.05) is 25.4 Å². The Bertz CT molecular complexity index is 354. The number of hydrogen-bond donors (Lipinski definition) is 1. The van der Waals surface area contributed by atoms with Crippen molar-refractivity contribution in [3.63, 3.8) is 0 Å².